The van der Waals surface area contributed by atoms with Crippen LogP contribution in [-0.4, -0.2) is 84.9 Å². The Morgan fingerprint density at radius 3 is 2.52 bits per heavy atom. The second-order valence-electron chi connectivity index (χ2n) is 5.46. The normalized spacial score (nSPS) is 25.4. The molecule has 2 aliphatic heterocycles. The van der Waals surface area contributed by atoms with Crippen LogP contribution in [0.3, 0.4) is 0 Å². The first-order chi connectivity index (χ1) is 9.85. The van der Waals surface area contributed by atoms with Gasteiger partial charge in [-0.25, -0.2) is 0 Å². The van der Waals surface area contributed by atoms with Crippen LogP contribution in [0.15, 0.2) is 0 Å². The van der Waals surface area contributed by atoms with Gasteiger partial charge in [0.05, 0.1) is 19.1 Å². The number of hydrogen-bond donors (Lipinski definition) is 0. The molecule has 2 aliphatic rings. The zero-order valence-corrected chi connectivity index (χ0v) is 14.3. The van der Waals surface area contributed by atoms with Crippen molar-refractivity contribution in [2.75, 3.05) is 45.0 Å². The lowest BCUT2D eigenvalue weighted by molar-refractivity contribution is -0.134. The highest BCUT2D eigenvalue weighted by molar-refractivity contribution is 8.00. The highest BCUT2D eigenvalue weighted by Crippen LogP contribution is 2.27. The summed E-state index contributed by atoms with van der Waals surface area (Å²) < 4.78 is 33.4. The van der Waals surface area contributed by atoms with Crippen molar-refractivity contribution in [2.24, 2.45) is 0 Å². The second-order valence-corrected chi connectivity index (χ2v) is 8.35. The Morgan fingerprint density at radius 2 is 1.95 bits per heavy atom. The van der Waals surface area contributed by atoms with E-state index in [1.54, 1.807) is 11.9 Å². The number of ether oxygens (including phenoxy) is 1. The Labute approximate surface area is 130 Å². The highest BCUT2D eigenvalue weighted by Gasteiger charge is 2.43. The fourth-order valence-electron chi connectivity index (χ4n) is 2.26. The smallest absolute Gasteiger partial charge is 0.283 e. The molecule has 0 saturated carbocycles. The van der Waals surface area contributed by atoms with Gasteiger partial charge in [-0.15, -0.1) is 11.8 Å². The molecule has 0 aromatic carbocycles. The Balaban J connectivity index is 2.15. The Hall–Kier alpha value is -0.350. The molecule has 0 aromatic heterocycles. The second kappa shape index (κ2) is 6.82. The van der Waals surface area contributed by atoms with Crippen LogP contribution < -0.4 is 0 Å². The monoisotopic (exact) mass is 337 g/mol. The fraction of sp³-hybridized carbons (Fsp3) is 0.917. The summed E-state index contributed by atoms with van der Waals surface area (Å²) >= 11 is 1.48. The molecular weight excluding hydrogens is 314 g/mol. The molecule has 2 fully saturated rings. The first kappa shape index (κ1) is 17.0. The number of amides is 1. The van der Waals surface area contributed by atoms with Gasteiger partial charge in [-0.2, -0.15) is 17.0 Å². The van der Waals surface area contributed by atoms with Gasteiger partial charge in [-0.1, -0.05) is 0 Å². The maximum atomic E-state index is 12.7. The lowest BCUT2D eigenvalue weighted by atomic mass is 10.2. The third-order valence-corrected chi connectivity index (χ3v) is 7.01. The van der Waals surface area contributed by atoms with E-state index in [0.717, 1.165) is 0 Å². The highest BCUT2D eigenvalue weighted by atomic mass is 32.2. The number of likely N-dealkylation sites (N-methyl/N-ethyl adjacent to an activating group) is 1. The molecule has 2 heterocycles. The molecule has 0 aromatic rings. The molecule has 0 N–H and O–H groups in total. The van der Waals surface area contributed by atoms with Crippen LogP contribution >= 0.6 is 11.8 Å². The van der Waals surface area contributed by atoms with Crippen molar-refractivity contribution in [1.29, 1.82) is 0 Å². The number of carbonyl (C=O) groups is 1. The minimum Gasteiger partial charge on any atom is -0.379 e. The van der Waals surface area contributed by atoms with E-state index in [9.17, 15) is 13.2 Å². The Kier molecular flexibility index (Phi) is 5.53. The molecule has 1 amide bonds. The molecule has 122 valence electrons. The van der Waals surface area contributed by atoms with Crippen molar-refractivity contribution >= 4 is 27.9 Å². The van der Waals surface area contributed by atoms with Crippen LogP contribution in [0.4, 0.5) is 0 Å². The van der Waals surface area contributed by atoms with Gasteiger partial charge in [0.2, 0.25) is 5.91 Å². The standard InChI is InChI=1S/C12H23N3O4S2/c1-10(2)13(3)12(16)11-8-20-9-15(11)21(17,18)14-4-6-19-7-5-14/h10-11H,4-9H2,1-3H3. The first-order valence-corrected chi connectivity index (χ1v) is 9.60. The van der Waals surface area contributed by atoms with Crippen molar-refractivity contribution in [3.63, 3.8) is 0 Å². The fourth-order valence-corrected chi connectivity index (χ4v) is 5.52. The van der Waals surface area contributed by atoms with Crippen molar-refractivity contribution in [2.45, 2.75) is 25.9 Å². The summed E-state index contributed by atoms with van der Waals surface area (Å²) in [5.74, 6) is 0.716. The number of thioether (sulfide) groups is 1. The molecule has 7 nitrogen and oxygen atoms in total. The van der Waals surface area contributed by atoms with Crippen LogP contribution in [0.5, 0.6) is 0 Å². The van der Waals surface area contributed by atoms with Gasteiger partial charge in [-0.05, 0) is 13.8 Å². The predicted octanol–water partition coefficient (Wildman–Crippen LogP) is -0.195. The summed E-state index contributed by atoms with van der Waals surface area (Å²) in [6.07, 6.45) is 0. The minimum absolute atomic E-state index is 0.0519. The maximum Gasteiger partial charge on any atom is 0.283 e. The summed E-state index contributed by atoms with van der Waals surface area (Å²) in [6.45, 7) is 5.35. The number of morpholine rings is 1. The topological polar surface area (TPSA) is 70.2 Å². The lowest BCUT2D eigenvalue weighted by Gasteiger charge is -2.33. The molecule has 2 rings (SSSR count). The molecule has 0 bridgehead atoms. The van der Waals surface area contributed by atoms with Gasteiger partial charge in [-0.3, -0.25) is 4.79 Å². The lowest BCUT2D eigenvalue weighted by Crippen LogP contribution is -2.55. The molecule has 21 heavy (non-hydrogen) atoms. The molecule has 1 atom stereocenters. The van der Waals surface area contributed by atoms with Gasteiger partial charge < -0.3 is 9.64 Å². The SMILES string of the molecule is CC(C)N(C)C(=O)C1CSCN1S(=O)(=O)N1CCOCC1. The predicted molar refractivity (Wildman–Crippen MR) is 82.2 cm³/mol. The van der Waals surface area contributed by atoms with Gasteiger partial charge in [0.1, 0.15) is 6.04 Å². The van der Waals surface area contributed by atoms with E-state index in [0.29, 0.717) is 37.9 Å². The zero-order chi connectivity index (χ0) is 15.6. The summed E-state index contributed by atoms with van der Waals surface area (Å²) in [6, 6.07) is -0.550. The zero-order valence-electron chi connectivity index (χ0n) is 12.7. The summed E-state index contributed by atoms with van der Waals surface area (Å²) in [7, 11) is -1.88. The van der Waals surface area contributed by atoms with Crippen LogP contribution in [0.25, 0.3) is 0 Å². The third kappa shape index (κ3) is 3.53. The van der Waals surface area contributed by atoms with E-state index in [1.807, 2.05) is 13.8 Å². The Morgan fingerprint density at radius 1 is 1.33 bits per heavy atom. The van der Waals surface area contributed by atoms with Crippen molar-refractivity contribution < 1.29 is 17.9 Å². The minimum atomic E-state index is -3.60. The van der Waals surface area contributed by atoms with Gasteiger partial charge in [0.25, 0.3) is 10.2 Å². The van der Waals surface area contributed by atoms with E-state index in [2.05, 4.69) is 0 Å². The van der Waals surface area contributed by atoms with Crippen LogP contribution in [0, 0.1) is 0 Å². The molecule has 0 radical (unpaired) electrons. The average Bonchev–Trinajstić information content (AvgIpc) is 2.96. The maximum absolute atomic E-state index is 12.7. The van der Waals surface area contributed by atoms with Gasteiger partial charge >= 0.3 is 0 Å². The number of hydrogen-bond acceptors (Lipinski definition) is 5. The van der Waals surface area contributed by atoms with Crippen molar-refractivity contribution in [3.05, 3.63) is 0 Å². The van der Waals surface area contributed by atoms with Gasteiger partial charge in [0, 0.05) is 31.9 Å². The number of nitrogens with zero attached hydrogens (tertiary/aromatic N) is 3. The van der Waals surface area contributed by atoms with E-state index in [-0.39, 0.29) is 11.9 Å². The van der Waals surface area contributed by atoms with E-state index < -0.39 is 16.3 Å². The molecule has 1 unspecified atom stereocenters. The largest absolute Gasteiger partial charge is 0.379 e. The molecular formula is C12H23N3O4S2. The molecule has 9 heteroatoms. The van der Waals surface area contributed by atoms with E-state index in [4.69, 9.17) is 4.74 Å². The van der Waals surface area contributed by atoms with Crippen molar-refractivity contribution in [3.8, 4) is 0 Å². The van der Waals surface area contributed by atoms with Crippen molar-refractivity contribution in [1.82, 2.24) is 13.5 Å². The van der Waals surface area contributed by atoms with Gasteiger partial charge in [0.15, 0.2) is 0 Å². The van der Waals surface area contributed by atoms with Crippen LogP contribution in [0.1, 0.15) is 13.8 Å². The number of carbonyl (C=O) groups excluding carboxylic acids is 1. The number of rotatable bonds is 4. The molecule has 0 spiro atoms. The van der Waals surface area contributed by atoms with E-state index >= 15 is 0 Å². The third-order valence-electron chi connectivity index (χ3n) is 3.84. The van der Waals surface area contributed by atoms with E-state index in [1.165, 1.54) is 20.4 Å². The Bertz CT molecular complexity index is 477. The quantitative estimate of drug-likeness (QED) is 0.711. The average molecular weight is 337 g/mol. The summed E-state index contributed by atoms with van der Waals surface area (Å²) in [4.78, 5) is 14.1. The summed E-state index contributed by atoms with van der Waals surface area (Å²) in [5.41, 5.74) is 0. The summed E-state index contributed by atoms with van der Waals surface area (Å²) in [5, 5.41) is 0. The van der Waals surface area contributed by atoms with Crippen LogP contribution in [-0.2, 0) is 19.7 Å². The first-order valence-electron chi connectivity index (χ1n) is 7.04. The van der Waals surface area contributed by atoms with Crippen LogP contribution in [0.2, 0.25) is 0 Å². The molecule has 0 aliphatic carbocycles. The molecule has 2 saturated heterocycles.